The summed E-state index contributed by atoms with van der Waals surface area (Å²) in [5, 5.41) is 0. The lowest BCUT2D eigenvalue weighted by Crippen LogP contribution is -2.34. The smallest absolute Gasteiger partial charge is 0.227 e. The number of nitrogens with two attached hydrogens (primary N) is 1. The second kappa shape index (κ2) is 7.01. The lowest BCUT2D eigenvalue weighted by Gasteiger charge is -2.20. The SMILES string of the molecule is CCN(CCCN)C(=O)Cc1ccccc1F. The number of hydrogen-bond acceptors (Lipinski definition) is 2. The molecular formula is C13H19FN2O. The molecule has 0 aliphatic rings. The van der Waals surface area contributed by atoms with Crippen LogP contribution in [-0.4, -0.2) is 30.4 Å². The zero-order valence-electron chi connectivity index (χ0n) is 10.2. The van der Waals surface area contributed by atoms with E-state index in [1.807, 2.05) is 6.92 Å². The Morgan fingerprint density at radius 1 is 1.41 bits per heavy atom. The first-order chi connectivity index (χ1) is 8.19. The Kier molecular flexibility index (Phi) is 5.63. The average Bonchev–Trinajstić information content (AvgIpc) is 2.33. The Labute approximate surface area is 101 Å². The fourth-order valence-corrected chi connectivity index (χ4v) is 1.66. The summed E-state index contributed by atoms with van der Waals surface area (Å²) in [5.41, 5.74) is 5.86. The standard InChI is InChI=1S/C13H19FN2O/c1-2-16(9-5-8-15)13(17)10-11-6-3-4-7-12(11)14/h3-4,6-7H,2,5,8-10,15H2,1H3. The fourth-order valence-electron chi connectivity index (χ4n) is 1.66. The monoisotopic (exact) mass is 238 g/mol. The lowest BCUT2D eigenvalue weighted by atomic mass is 10.1. The molecule has 0 aromatic heterocycles. The van der Waals surface area contributed by atoms with E-state index in [0.29, 0.717) is 25.2 Å². The molecule has 0 spiro atoms. The summed E-state index contributed by atoms with van der Waals surface area (Å²) >= 11 is 0. The number of likely N-dealkylation sites (N-methyl/N-ethyl adjacent to an activating group) is 1. The molecule has 0 saturated heterocycles. The van der Waals surface area contributed by atoms with Gasteiger partial charge in [-0.25, -0.2) is 4.39 Å². The number of carbonyl (C=O) groups excluding carboxylic acids is 1. The van der Waals surface area contributed by atoms with Crippen LogP contribution in [0.15, 0.2) is 24.3 Å². The van der Waals surface area contributed by atoms with Gasteiger partial charge >= 0.3 is 0 Å². The van der Waals surface area contributed by atoms with E-state index in [0.717, 1.165) is 6.42 Å². The first-order valence-corrected chi connectivity index (χ1v) is 5.90. The van der Waals surface area contributed by atoms with Crippen molar-refractivity contribution in [3.05, 3.63) is 35.6 Å². The van der Waals surface area contributed by atoms with Crippen LogP contribution < -0.4 is 5.73 Å². The maximum atomic E-state index is 13.4. The Hall–Kier alpha value is -1.42. The van der Waals surface area contributed by atoms with E-state index in [9.17, 15) is 9.18 Å². The van der Waals surface area contributed by atoms with Crippen molar-refractivity contribution >= 4 is 5.91 Å². The number of rotatable bonds is 6. The van der Waals surface area contributed by atoms with Crippen LogP contribution in [0.2, 0.25) is 0 Å². The highest BCUT2D eigenvalue weighted by Crippen LogP contribution is 2.08. The number of halogens is 1. The molecule has 1 amide bonds. The van der Waals surface area contributed by atoms with Gasteiger partial charge in [0.1, 0.15) is 5.82 Å². The summed E-state index contributed by atoms with van der Waals surface area (Å²) < 4.78 is 13.4. The van der Waals surface area contributed by atoms with Crippen LogP contribution in [0.4, 0.5) is 4.39 Å². The molecule has 0 heterocycles. The molecule has 1 aromatic rings. The maximum absolute atomic E-state index is 13.4. The van der Waals surface area contributed by atoms with Gasteiger partial charge in [0.15, 0.2) is 0 Å². The molecule has 0 fully saturated rings. The summed E-state index contributed by atoms with van der Waals surface area (Å²) in [6, 6.07) is 6.37. The van der Waals surface area contributed by atoms with Gasteiger partial charge in [0.25, 0.3) is 0 Å². The molecule has 0 atom stereocenters. The van der Waals surface area contributed by atoms with Crippen molar-refractivity contribution in [1.29, 1.82) is 0 Å². The number of amides is 1. The quantitative estimate of drug-likeness (QED) is 0.817. The lowest BCUT2D eigenvalue weighted by molar-refractivity contribution is -0.130. The number of nitrogens with zero attached hydrogens (tertiary/aromatic N) is 1. The Morgan fingerprint density at radius 3 is 2.71 bits per heavy atom. The fraction of sp³-hybridized carbons (Fsp3) is 0.462. The molecule has 0 aliphatic heterocycles. The Balaban J connectivity index is 2.61. The predicted molar refractivity (Wildman–Crippen MR) is 66.0 cm³/mol. The van der Waals surface area contributed by atoms with Gasteiger partial charge in [0.05, 0.1) is 6.42 Å². The van der Waals surface area contributed by atoms with Crippen molar-refractivity contribution in [3.63, 3.8) is 0 Å². The van der Waals surface area contributed by atoms with Gasteiger partial charge in [0.2, 0.25) is 5.91 Å². The van der Waals surface area contributed by atoms with Crippen LogP contribution in [0.3, 0.4) is 0 Å². The van der Waals surface area contributed by atoms with Crippen LogP contribution in [-0.2, 0) is 11.2 Å². The highest BCUT2D eigenvalue weighted by atomic mass is 19.1. The normalized spacial score (nSPS) is 10.3. The van der Waals surface area contributed by atoms with E-state index in [-0.39, 0.29) is 18.1 Å². The second-order valence-electron chi connectivity index (χ2n) is 3.88. The van der Waals surface area contributed by atoms with Crippen molar-refractivity contribution < 1.29 is 9.18 Å². The number of benzene rings is 1. The van der Waals surface area contributed by atoms with Crippen LogP contribution in [0.25, 0.3) is 0 Å². The summed E-state index contributed by atoms with van der Waals surface area (Å²) in [6.45, 7) is 3.74. The van der Waals surface area contributed by atoms with E-state index in [2.05, 4.69) is 0 Å². The molecule has 0 bridgehead atoms. The predicted octanol–water partition coefficient (Wildman–Crippen LogP) is 1.57. The molecule has 1 aromatic carbocycles. The van der Waals surface area contributed by atoms with Crippen LogP contribution >= 0.6 is 0 Å². The number of carbonyl (C=O) groups is 1. The van der Waals surface area contributed by atoms with E-state index in [1.54, 1.807) is 23.1 Å². The van der Waals surface area contributed by atoms with E-state index in [1.165, 1.54) is 6.07 Å². The third-order valence-electron chi connectivity index (χ3n) is 2.67. The molecule has 0 unspecified atom stereocenters. The van der Waals surface area contributed by atoms with E-state index in [4.69, 9.17) is 5.73 Å². The van der Waals surface area contributed by atoms with Crippen molar-refractivity contribution in [1.82, 2.24) is 4.90 Å². The molecule has 0 aliphatic carbocycles. The Bertz CT molecular complexity index is 368. The average molecular weight is 238 g/mol. The zero-order valence-corrected chi connectivity index (χ0v) is 10.2. The van der Waals surface area contributed by atoms with Gasteiger partial charge in [0, 0.05) is 13.1 Å². The summed E-state index contributed by atoms with van der Waals surface area (Å²) in [6.07, 6.45) is 0.891. The van der Waals surface area contributed by atoms with Gasteiger partial charge in [-0.1, -0.05) is 18.2 Å². The van der Waals surface area contributed by atoms with Gasteiger partial charge in [-0.2, -0.15) is 0 Å². The highest BCUT2D eigenvalue weighted by Gasteiger charge is 2.13. The number of hydrogen-bond donors (Lipinski definition) is 1. The van der Waals surface area contributed by atoms with E-state index >= 15 is 0 Å². The summed E-state index contributed by atoms with van der Waals surface area (Å²) in [4.78, 5) is 13.6. The topological polar surface area (TPSA) is 46.3 Å². The third-order valence-corrected chi connectivity index (χ3v) is 2.67. The molecule has 4 heteroatoms. The van der Waals surface area contributed by atoms with Gasteiger partial charge in [-0.3, -0.25) is 4.79 Å². The minimum atomic E-state index is -0.323. The third kappa shape index (κ3) is 4.15. The van der Waals surface area contributed by atoms with Crippen molar-refractivity contribution in [2.24, 2.45) is 5.73 Å². The summed E-state index contributed by atoms with van der Waals surface area (Å²) in [7, 11) is 0. The molecule has 1 rings (SSSR count). The maximum Gasteiger partial charge on any atom is 0.227 e. The first-order valence-electron chi connectivity index (χ1n) is 5.90. The van der Waals surface area contributed by atoms with Crippen molar-refractivity contribution in [2.45, 2.75) is 19.8 Å². The minimum Gasteiger partial charge on any atom is -0.343 e. The molecule has 94 valence electrons. The molecule has 3 nitrogen and oxygen atoms in total. The molecule has 2 N–H and O–H groups in total. The largest absolute Gasteiger partial charge is 0.343 e. The zero-order chi connectivity index (χ0) is 12.7. The molecule has 0 saturated carbocycles. The van der Waals surface area contributed by atoms with Crippen LogP contribution in [0.5, 0.6) is 0 Å². The first kappa shape index (κ1) is 13.6. The van der Waals surface area contributed by atoms with Gasteiger partial charge in [-0.15, -0.1) is 0 Å². The van der Waals surface area contributed by atoms with Crippen molar-refractivity contribution in [3.8, 4) is 0 Å². The molecule has 0 radical (unpaired) electrons. The van der Waals surface area contributed by atoms with Crippen LogP contribution in [0.1, 0.15) is 18.9 Å². The van der Waals surface area contributed by atoms with Crippen molar-refractivity contribution in [2.75, 3.05) is 19.6 Å². The highest BCUT2D eigenvalue weighted by molar-refractivity contribution is 5.78. The van der Waals surface area contributed by atoms with Gasteiger partial charge in [-0.05, 0) is 31.5 Å². The second-order valence-corrected chi connectivity index (χ2v) is 3.88. The summed E-state index contributed by atoms with van der Waals surface area (Å²) in [5.74, 6) is -0.373. The molecule has 17 heavy (non-hydrogen) atoms. The van der Waals surface area contributed by atoms with E-state index < -0.39 is 0 Å². The Morgan fingerprint density at radius 2 is 2.12 bits per heavy atom. The molecular weight excluding hydrogens is 219 g/mol. The minimum absolute atomic E-state index is 0.0500. The van der Waals surface area contributed by atoms with Crippen LogP contribution in [0, 0.1) is 5.82 Å². The van der Waals surface area contributed by atoms with Gasteiger partial charge < -0.3 is 10.6 Å².